The van der Waals surface area contributed by atoms with E-state index in [2.05, 4.69) is 0 Å². The largest absolute Gasteiger partial charge is 0.498 e. The molecule has 3 nitrogen and oxygen atoms in total. The molecular formula is C15H24O3. The van der Waals surface area contributed by atoms with E-state index >= 15 is 0 Å². The number of carbonyl (C=O) groups excluding carboxylic acids is 1. The lowest BCUT2D eigenvalue weighted by Gasteiger charge is -2.19. The van der Waals surface area contributed by atoms with Crippen molar-refractivity contribution >= 4 is 5.78 Å². The molecule has 0 saturated carbocycles. The highest BCUT2D eigenvalue weighted by molar-refractivity contribution is 6.05. The van der Waals surface area contributed by atoms with Crippen molar-refractivity contribution < 1.29 is 14.6 Å². The summed E-state index contributed by atoms with van der Waals surface area (Å²) in [4.78, 5) is 11.9. The van der Waals surface area contributed by atoms with Crippen LogP contribution in [-0.4, -0.2) is 23.6 Å². The second-order valence-electron chi connectivity index (χ2n) is 4.81. The first-order valence-corrected chi connectivity index (χ1v) is 6.84. The predicted octanol–water partition coefficient (Wildman–Crippen LogP) is 2.99. The fourth-order valence-corrected chi connectivity index (χ4v) is 2.14. The number of ether oxygens (including phenoxy) is 1. The van der Waals surface area contributed by atoms with Crippen molar-refractivity contribution in [2.75, 3.05) is 6.61 Å². The topological polar surface area (TPSA) is 46.5 Å². The van der Waals surface area contributed by atoms with Gasteiger partial charge in [-0.15, -0.1) is 0 Å². The zero-order valence-corrected chi connectivity index (χ0v) is 11.6. The maximum atomic E-state index is 11.9. The van der Waals surface area contributed by atoms with Crippen LogP contribution >= 0.6 is 0 Å². The van der Waals surface area contributed by atoms with Crippen LogP contribution in [-0.2, 0) is 9.53 Å². The van der Waals surface area contributed by atoms with Crippen molar-refractivity contribution in [2.24, 2.45) is 5.92 Å². The number of hydrogen-bond acceptors (Lipinski definition) is 3. The van der Waals surface area contributed by atoms with Gasteiger partial charge in [0.05, 0.1) is 12.7 Å². The minimum atomic E-state index is -0.354. The van der Waals surface area contributed by atoms with E-state index in [1.165, 1.54) is 0 Å². The first-order valence-electron chi connectivity index (χ1n) is 6.84. The summed E-state index contributed by atoms with van der Waals surface area (Å²) in [6, 6.07) is 0. The van der Waals surface area contributed by atoms with Gasteiger partial charge in [0.25, 0.3) is 0 Å². The van der Waals surface area contributed by atoms with E-state index in [9.17, 15) is 9.90 Å². The highest BCUT2D eigenvalue weighted by Gasteiger charge is 2.19. The Bertz CT molecular complexity index is 342. The number of carbonyl (C=O) groups is 1. The van der Waals surface area contributed by atoms with Crippen LogP contribution in [0.3, 0.4) is 0 Å². The maximum Gasteiger partial charge on any atom is 0.184 e. The van der Waals surface area contributed by atoms with Crippen molar-refractivity contribution in [3.8, 4) is 0 Å². The number of ketones is 1. The third-order valence-electron chi connectivity index (χ3n) is 3.23. The van der Waals surface area contributed by atoms with Crippen molar-refractivity contribution in [3.05, 3.63) is 23.5 Å². The molecule has 0 bridgehead atoms. The molecule has 0 amide bonds. The summed E-state index contributed by atoms with van der Waals surface area (Å²) in [5.41, 5.74) is 0.807. The molecule has 18 heavy (non-hydrogen) atoms. The zero-order valence-electron chi connectivity index (χ0n) is 11.6. The fourth-order valence-electron chi connectivity index (χ4n) is 2.14. The molecule has 3 heteroatoms. The monoisotopic (exact) mass is 252 g/mol. The Morgan fingerprint density at radius 2 is 2.17 bits per heavy atom. The van der Waals surface area contributed by atoms with Gasteiger partial charge in [-0.1, -0.05) is 26.3 Å². The summed E-state index contributed by atoms with van der Waals surface area (Å²) in [5, 5.41) is 9.87. The summed E-state index contributed by atoms with van der Waals surface area (Å²) in [5.74, 6) is 0.840. The number of hydrogen-bond donors (Lipinski definition) is 1. The van der Waals surface area contributed by atoms with E-state index in [0.717, 1.165) is 30.6 Å². The minimum absolute atomic E-state index is 0.0280. The van der Waals surface area contributed by atoms with Gasteiger partial charge in [-0.2, -0.15) is 0 Å². The molecule has 0 aromatic carbocycles. The maximum absolute atomic E-state index is 11.9. The van der Waals surface area contributed by atoms with E-state index in [1.54, 1.807) is 6.08 Å². The van der Waals surface area contributed by atoms with E-state index < -0.39 is 0 Å². The van der Waals surface area contributed by atoms with Gasteiger partial charge in [0.2, 0.25) is 0 Å². The lowest BCUT2D eigenvalue weighted by atomic mass is 9.91. The van der Waals surface area contributed by atoms with Crippen LogP contribution < -0.4 is 0 Å². The molecule has 1 aliphatic carbocycles. The average Bonchev–Trinajstić information content (AvgIpc) is 2.33. The Morgan fingerprint density at radius 3 is 2.72 bits per heavy atom. The normalized spacial score (nSPS) is 21.7. The molecule has 2 unspecified atom stereocenters. The van der Waals surface area contributed by atoms with E-state index in [0.29, 0.717) is 13.0 Å². The SMILES string of the molecule is CCCC(O)C(C)/C=C1\CCC(OCC)=CC1=O. The van der Waals surface area contributed by atoms with Crippen LogP contribution in [0.2, 0.25) is 0 Å². The minimum Gasteiger partial charge on any atom is -0.498 e. The molecule has 0 aliphatic heterocycles. The smallest absolute Gasteiger partial charge is 0.184 e. The highest BCUT2D eigenvalue weighted by Crippen LogP contribution is 2.23. The molecule has 1 N–H and O–H groups in total. The van der Waals surface area contributed by atoms with Gasteiger partial charge in [-0.3, -0.25) is 4.79 Å². The molecule has 0 aromatic heterocycles. The van der Waals surface area contributed by atoms with Gasteiger partial charge in [-0.25, -0.2) is 0 Å². The fraction of sp³-hybridized carbons (Fsp3) is 0.667. The molecule has 0 aromatic rings. The Labute approximate surface area is 110 Å². The molecular weight excluding hydrogens is 228 g/mol. The molecule has 0 heterocycles. The summed E-state index contributed by atoms with van der Waals surface area (Å²) < 4.78 is 5.36. The van der Waals surface area contributed by atoms with Gasteiger partial charge >= 0.3 is 0 Å². The zero-order chi connectivity index (χ0) is 13.5. The van der Waals surface area contributed by atoms with Gasteiger partial charge in [0.15, 0.2) is 5.78 Å². The molecule has 0 fully saturated rings. The molecule has 102 valence electrons. The molecule has 1 aliphatic rings. The number of rotatable bonds is 6. The second kappa shape index (κ2) is 7.37. The van der Waals surface area contributed by atoms with Crippen molar-refractivity contribution in [1.82, 2.24) is 0 Å². The lowest BCUT2D eigenvalue weighted by Crippen LogP contribution is -2.18. The molecule has 0 saturated heterocycles. The van der Waals surface area contributed by atoms with Crippen LogP contribution in [0.4, 0.5) is 0 Å². The van der Waals surface area contributed by atoms with Crippen LogP contribution in [0.1, 0.15) is 46.5 Å². The van der Waals surface area contributed by atoms with Crippen molar-refractivity contribution in [1.29, 1.82) is 0 Å². The molecule has 0 spiro atoms. The van der Waals surface area contributed by atoms with Gasteiger partial charge in [0, 0.05) is 18.4 Å². The Hall–Kier alpha value is -1.09. The summed E-state index contributed by atoms with van der Waals surface area (Å²) >= 11 is 0. The lowest BCUT2D eigenvalue weighted by molar-refractivity contribution is -0.112. The third kappa shape index (κ3) is 4.30. The van der Waals surface area contributed by atoms with Gasteiger partial charge in [-0.05, 0) is 25.3 Å². The predicted molar refractivity (Wildman–Crippen MR) is 72.1 cm³/mol. The van der Waals surface area contributed by atoms with E-state index in [1.807, 2.05) is 26.8 Å². The molecule has 0 radical (unpaired) electrons. The van der Waals surface area contributed by atoms with Crippen molar-refractivity contribution in [3.63, 3.8) is 0 Å². The summed E-state index contributed by atoms with van der Waals surface area (Å²) in [7, 11) is 0. The Balaban J connectivity index is 2.66. The second-order valence-corrected chi connectivity index (χ2v) is 4.81. The van der Waals surface area contributed by atoms with Crippen LogP contribution in [0.25, 0.3) is 0 Å². The quantitative estimate of drug-likeness (QED) is 0.739. The molecule has 1 rings (SSSR count). The van der Waals surface area contributed by atoms with Gasteiger partial charge in [0.1, 0.15) is 5.76 Å². The summed E-state index contributed by atoms with van der Waals surface area (Å²) in [6.07, 6.45) is 6.37. The first-order chi connectivity index (χ1) is 8.58. The highest BCUT2D eigenvalue weighted by atomic mass is 16.5. The third-order valence-corrected chi connectivity index (χ3v) is 3.23. The van der Waals surface area contributed by atoms with E-state index in [-0.39, 0.29) is 17.8 Å². The average molecular weight is 252 g/mol. The van der Waals surface area contributed by atoms with Crippen LogP contribution in [0.5, 0.6) is 0 Å². The Kier molecular flexibility index (Phi) is 6.13. The Morgan fingerprint density at radius 1 is 1.44 bits per heavy atom. The van der Waals surface area contributed by atoms with Crippen molar-refractivity contribution in [2.45, 2.75) is 52.6 Å². The van der Waals surface area contributed by atoms with Crippen LogP contribution in [0.15, 0.2) is 23.5 Å². The van der Waals surface area contributed by atoms with E-state index in [4.69, 9.17) is 4.74 Å². The first kappa shape index (κ1) is 15.0. The number of allylic oxidation sites excluding steroid dienone is 3. The van der Waals surface area contributed by atoms with Crippen LogP contribution in [0, 0.1) is 5.92 Å². The summed E-state index contributed by atoms with van der Waals surface area (Å²) in [6.45, 7) is 6.53. The molecule has 2 atom stereocenters. The standard InChI is InChI=1S/C15H24O3/c1-4-6-14(16)11(3)9-12-7-8-13(18-5-2)10-15(12)17/h9-11,14,16H,4-8H2,1-3H3/b12-9+. The number of aliphatic hydroxyl groups is 1. The number of aliphatic hydroxyl groups excluding tert-OH is 1. The van der Waals surface area contributed by atoms with Gasteiger partial charge < -0.3 is 9.84 Å².